The molecular weight excluding hydrogens is 172 g/mol. The van der Waals surface area contributed by atoms with Crippen LogP contribution in [0.4, 0.5) is 0 Å². The van der Waals surface area contributed by atoms with Crippen molar-refractivity contribution in [2.45, 2.75) is 33.1 Å². The molecule has 0 bridgehead atoms. The highest BCUT2D eigenvalue weighted by atomic mass is 14.7. The molecule has 2 N–H and O–H groups in total. The molecule has 0 aliphatic carbocycles. The van der Waals surface area contributed by atoms with E-state index in [9.17, 15) is 0 Å². The number of nitrogens with two attached hydrogens (primary N) is 1. The van der Waals surface area contributed by atoms with Crippen molar-refractivity contribution >= 4 is 0 Å². The quantitative estimate of drug-likeness (QED) is 0.799. The molecule has 0 aromatic carbocycles. The molecule has 0 aliphatic heterocycles. The molecule has 2 heteroatoms. The Morgan fingerprint density at radius 2 is 2.07 bits per heavy atom. The normalized spacial score (nSPS) is 14.0. The van der Waals surface area contributed by atoms with Crippen LogP contribution < -0.4 is 5.73 Å². The number of pyridine rings is 1. The van der Waals surface area contributed by atoms with E-state index in [1.807, 2.05) is 18.3 Å². The van der Waals surface area contributed by atoms with Gasteiger partial charge in [-0.05, 0) is 24.0 Å². The molecule has 1 aromatic heterocycles. The number of hydrogen-bond donors (Lipinski definition) is 1. The summed E-state index contributed by atoms with van der Waals surface area (Å²) in [6.45, 7) is 7.38. The topological polar surface area (TPSA) is 38.9 Å². The number of aromatic nitrogens is 1. The van der Waals surface area contributed by atoms with Crippen LogP contribution in [-0.4, -0.2) is 11.5 Å². The molecule has 78 valence electrons. The SMILES string of the molecule is CC(C)(C)C[C@@H](CN)c1ccccn1. The molecule has 0 spiro atoms. The summed E-state index contributed by atoms with van der Waals surface area (Å²) in [5.74, 6) is 0.385. The predicted octanol–water partition coefficient (Wildman–Crippen LogP) is 2.56. The molecule has 0 aliphatic rings. The second-order valence-corrected chi connectivity index (χ2v) is 4.95. The van der Waals surface area contributed by atoms with Gasteiger partial charge in [-0.1, -0.05) is 26.8 Å². The molecule has 0 fully saturated rings. The largest absolute Gasteiger partial charge is 0.330 e. The minimum Gasteiger partial charge on any atom is -0.330 e. The zero-order chi connectivity index (χ0) is 10.6. The Hall–Kier alpha value is -0.890. The molecule has 0 radical (unpaired) electrons. The summed E-state index contributed by atoms with van der Waals surface area (Å²) >= 11 is 0. The summed E-state index contributed by atoms with van der Waals surface area (Å²) in [5, 5.41) is 0. The van der Waals surface area contributed by atoms with E-state index in [1.54, 1.807) is 0 Å². The first-order valence-corrected chi connectivity index (χ1v) is 5.14. The molecule has 0 saturated heterocycles. The van der Waals surface area contributed by atoms with Crippen LogP contribution in [0.5, 0.6) is 0 Å². The fraction of sp³-hybridized carbons (Fsp3) is 0.583. The maximum Gasteiger partial charge on any atom is 0.0447 e. The van der Waals surface area contributed by atoms with Crippen LogP contribution in [0.25, 0.3) is 0 Å². The number of rotatable bonds is 3. The third kappa shape index (κ3) is 3.46. The third-order valence-corrected chi connectivity index (χ3v) is 2.25. The van der Waals surface area contributed by atoms with Crippen molar-refractivity contribution in [3.05, 3.63) is 30.1 Å². The van der Waals surface area contributed by atoms with Crippen LogP contribution in [-0.2, 0) is 0 Å². The Morgan fingerprint density at radius 1 is 1.36 bits per heavy atom. The lowest BCUT2D eigenvalue weighted by Gasteiger charge is -2.24. The minimum absolute atomic E-state index is 0.307. The van der Waals surface area contributed by atoms with E-state index >= 15 is 0 Å². The zero-order valence-electron chi connectivity index (χ0n) is 9.33. The Labute approximate surface area is 86.5 Å². The zero-order valence-corrected chi connectivity index (χ0v) is 9.33. The fourth-order valence-electron chi connectivity index (χ4n) is 1.67. The van der Waals surface area contributed by atoms with Gasteiger partial charge in [0.2, 0.25) is 0 Å². The van der Waals surface area contributed by atoms with Crippen molar-refractivity contribution in [1.29, 1.82) is 0 Å². The van der Waals surface area contributed by atoms with Crippen LogP contribution in [0.2, 0.25) is 0 Å². The molecule has 0 saturated carbocycles. The van der Waals surface area contributed by atoms with E-state index < -0.39 is 0 Å². The monoisotopic (exact) mass is 192 g/mol. The van der Waals surface area contributed by atoms with Crippen molar-refractivity contribution < 1.29 is 0 Å². The van der Waals surface area contributed by atoms with Gasteiger partial charge in [-0.25, -0.2) is 0 Å². The van der Waals surface area contributed by atoms with Gasteiger partial charge in [0.1, 0.15) is 0 Å². The van der Waals surface area contributed by atoms with Gasteiger partial charge >= 0.3 is 0 Å². The first-order valence-electron chi connectivity index (χ1n) is 5.14. The lowest BCUT2D eigenvalue weighted by atomic mass is 9.83. The molecule has 1 rings (SSSR count). The van der Waals surface area contributed by atoms with Gasteiger partial charge < -0.3 is 5.73 Å². The second kappa shape index (κ2) is 4.56. The standard InChI is InChI=1S/C12H20N2/c1-12(2,3)8-10(9-13)11-6-4-5-7-14-11/h4-7,10H,8-9,13H2,1-3H3/t10-/m0/s1. The summed E-state index contributed by atoms with van der Waals surface area (Å²) in [7, 11) is 0. The molecule has 0 unspecified atom stereocenters. The maximum absolute atomic E-state index is 5.77. The van der Waals surface area contributed by atoms with E-state index in [0.29, 0.717) is 17.9 Å². The van der Waals surface area contributed by atoms with Gasteiger partial charge in [-0.2, -0.15) is 0 Å². The molecule has 1 aromatic rings. The van der Waals surface area contributed by atoms with E-state index in [2.05, 4.69) is 31.8 Å². The first kappa shape index (κ1) is 11.2. The second-order valence-electron chi connectivity index (χ2n) is 4.95. The molecule has 14 heavy (non-hydrogen) atoms. The van der Waals surface area contributed by atoms with Crippen LogP contribution in [0.3, 0.4) is 0 Å². The van der Waals surface area contributed by atoms with Gasteiger partial charge in [0.25, 0.3) is 0 Å². The van der Waals surface area contributed by atoms with Gasteiger partial charge in [0, 0.05) is 24.4 Å². The van der Waals surface area contributed by atoms with Crippen LogP contribution in [0.15, 0.2) is 24.4 Å². The summed E-state index contributed by atoms with van der Waals surface area (Å²) < 4.78 is 0. The third-order valence-electron chi connectivity index (χ3n) is 2.25. The maximum atomic E-state index is 5.77. The summed E-state index contributed by atoms with van der Waals surface area (Å²) in [4.78, 5) is 4.35. The smallest absolute Gasteiger partial charge is 0.0447 e. The van der Waals surface area contributed by atoms with Crippen LogP contribution >= 0.6 is 0 Å². The Kier molecular flexibility index (Phi) is 3.64. The Balaban J connectivity index is 2.73. The first-order chi connectivity index (χ1) is 6.53. The summed E-state index contributed by atoms with van der Waals surface area (Å²) in [6.07, 6.45) is 2.92. The summed E-state index contributed by atoms with van der Waals surface area (Å²) in [6, 6.07) is 6.02. The average Bonchev–Trinajstić information content (AvgIpc) is 2.14. The molecule has 1 atom stereocenters. The Morgan fingerprint density at radius 3 is 2.50 bits per heavy atom. The van der Waals surface area contributed by atoms with Crippen molar-refractivity contribution in [2.24, 2.45) is 11.1 Å². The molecule has 0 amide bonds. The average molecular weight is 192 g/mol. The highest BCUT2D eigenvalue weighted by molar-refractivity contribution is 5.10. The fourth-order valence-corrected chi connectivity index (χ4v) is 1.67. The summed E-state index contributed by atoms with van der Waals surface area (Å²) in [5.41, 5.74) is 7.19. The number of hydrogen-bond acceptors (Lipinski definition) is 2. The van der Waals surface area contributed by atoms with E-state index in [-0.39, 0.29) is 0 Å². The minimum atomic E-state index is 0.307. The molecular formula is C12H20N2. The van der Waals surface area contributed by atoms with E-state index in [0.717, 1.165) is 12.1 Å². The van der Waals surface area contributed by atoms with Crippen LogP contribution in [0.1, 0.15) is 38.8 Å². The van der Waals surface area contributed by atoms with Crippen molar-refractivity contribution in [3.63, 3.8) is 0 Å². The van der Waals surface area contributed by atoms with Gasteiger partial charge in [-0.3, -0.25) is 4.98 Å². The predicted molar refractivity (Wildman–Crippen MR) is 60.1 cm³/mol. The van der Waals surface area contributed by atoms with E-state index in [4.69, 9.17) is 5.73 Å². The van der Waals surface area contributed by atoms with Crippen LogP contribution in [0, 0.1) is 5.41 Å². The lowest BCUT2D eigenvalue weighted by Crippen LogP contribution is -2.20. The number of nitrogens with zero attached hydrogens (tertiary/aromatic N) is 1. The van der Waals surface area contributed by atoms with Crippen molar-refractivity contribution in [3.8, 4) is 0 Å². The lowest BCUT2D eigenvalue weighted by molar-refractivity contribution is 0.339. The van der Waals surface area contributed by atoms with Gasteiger partial charge in [-0.15, -0.1) is 0 Å². The van der Waals surface area contributed by atoms with Crippen molar-refractivity contribution in [1.82, 2.24) is 4.98 Å². The van der Waals surface area contributed by atoms with Crippen molar-refractivity contribution in [2.75, 3.05) is 6.54 Å². The van der Waals surface area contributed by atoms with Gasteiger partial charge in [0.05, 0.1) is 0 Å². The van der Waals surface area contributed by atoms with E-state index in [1.165, 1.54) is 0 Å². The highest BCUT2D eigenvalue weighted by Gasteiger charge is 2.19. The Bertz CT molecular complexity index is 261. The molecule has 1 heterocycles. The molecule has 2 nitrogen and oxygen atoms in total. The highest BCUT2D eigenvalue weighted by Crippen LogP contribution is 2.29. The van der Waals surface area contributed by atoms with Gasteiger partial charge in [0.15, 0.2) is 0 Å².